The van der Waals surface area contributed by atoms with E-state index in [2.05, 4.69) is 14.6 Å². The molecule has 1 aromatic rings. The van der Waals surface area contributed by atoms with Crippen molar-refractivity contribution in [1.82, 2.24) is 0 Å². The molecule has 2 N–H and O–H groups in total. The fraction of sp³-hybridized carbons (Fsp3) is 0.214. The summed E-state index contributed by atoms with van der Waals surface area (Å²) in [5.74, 6) is -5.96. The maximum Gasteiger partial charge on any atom is 0.513 e. The number of halogens is 1. The number of ether oxygens (including phenoxy) is 3. The Hall–Kier alpha value is -3.34. The van der Waals surface area contributed by atoms with Crippen molar-refractivity contribution < 1.29 is 43.6 Å². The van der Waals surface area contributed by atoms with Gasteiger partial charge in [-0.15, -0.1) is 0 Å². The molecule has 0 radical (unpaired) electrons. The smallest absolute Gasteiger partial charge is 0.513 e. The van der Waals surface area contributed by atoms with Crippen LogP contribution in [0.4, 0.5) is 9.59 Å². The predicted molar refractivity (Wildman–Crippen MR) is 83.4 cm³/mol. The summed E-state index contributed by atoms with van der Waals surface area (Å²) in [4.78, 5) is 44.7. The van der Waals surface area contributed by atoms with E-state index in [0.29, 0.717) is 5.56 Å². The van der Waals surface area contributed by atoms with Gasteiger partial charge in [-0.05, 0) is 6.07 Å². The molecule has 140 valence electrons. The second kappa shape index (κ2) is 9.84. The highest BCUT2D eigenvalue weighted by atomic mass is 35.5. The number of carbonyl (C=O) groups excluding carboxylic acids is 2. The first-order valence-electron chi connectivity index (χ1n) is 6.69. The van der Waals surface area contributed by atoms with Crippen LogP contribution in [-0.2, 0) is 30.4 Å². The monoisotopic (exact) mass is 388 g/mol. The second-order valence-corrected chi connectivity index (χ2v) is 4.90. The van der Waals surface area contributed by atoms with Crippen LogP contribution < -0.4 is 0 Å². The van der Waals surface area contributed by atoms with Gasteiger partial charge in [-0.25, -0.2) is 9.59 Å². The van der Waals surface area contributed by atoms with E-state index in [-0.39, 0.29) is 11.6 Å². The van der Waals surface area contributed by atoms with E-state index in [1.807, 2.05) is 0 Å². The quantitative estimate of drug-likeness (QED) is 0.183. The van der Waals surface area contributed by atoms with Crippen LogP contribution in [0.2, 0.25) is 5.02 Å². The summed E-state index contributed by atoms with van der Waals surface area (Å²) in [5, 5.41) is 30.0. The molecule has 1 atom stereocenters. The highest BCUT2D eigenvalue weighted by Crippen LogP contribution is 2.18. The molecule has 1 aromatic carbocycles. The van der Waals surface area contributed by atoms with Crippen LogP contribution in [0.5, 0.6) is 0 Å². The lowest BCUT2D eigenvalue weighted by molar-refractivity contribution is -0.160. The van der Waals surface area contributed by atoms with E-state index in [9.17, 15) is 24.4 Å². The summed E-state index contributed by atoms with van der Waals surface area (Å²) in [7, 11) is 0. The highest BCUT2D eigenvalue weighted by Gasteiger charge is 2.34. The Morgan fingerprint density at radius 2 is 1.69 bits per heavy atom. The van der Waals surface area contributed by atoms with E-state index >= 15 is 0 Å². The van der Waals surface area contributed by atoms with Crippen LogP contribution >= 0.6 is 11.6 Å². The van der Waals surface area contributed by atoms with Gasteiger partial charge in [0.2, 0.25) is 0 Å². The lowest BCUT2D eigenvalue weighted by Crippen LogP contribution is -2.32. The standard InChI is InChI=1S/C14H12ClNO10/c15-9-4-2-1-3-7(9)6-24-11(17)8(12(18)26-14(21)22)5-10(16-23)25-13(19)20/h1-4,8,23H,5-6H2,(H,19,20)(H,21,22)/p-1/b16-10-. The molecule has 0 aliphatic rings. The van der Waals surface area contributed by atoms with Gasteiger partial charge in [-0.1, -0.05) is 29.8 Å². The van der Waals surface area contributed by atoms with E-state index in [1.54, 1.807) is 12.1 Å². The number of carbonyl (C=O) groups is 4. The zero-order chi connectivity index (χ0) is 19.7. The van der Waals surface area contributed by atoms with Crippen molar-refractivity contribution in [1.29, 1.82) is 0 Å². The number of hydrogen-bond acceptors (Lipinski definition) is 9. The number of nitrogens with zero attached hydrogens (tertiary/aromatic N) is 1. The topological polar surface area (TPSA) is 172 Å². The third kappa shape index (κ3) is 6.65. The molecule has 0 spiro atoms. The van der Waals surface area contributed by atoms with Gasteiger partial charge in [0, 0.05) is 17.0 Å². The van der Waals surface area contributed by atoms with Crippen LogP contribution in [0.3, 0.4) is 0 Å². The Balaban J connectivity index is 2.90. The third-order valence-electron chi connectivity index (χ3n) is 2.77. The number of rotatable bonds is 6. The summed E-state index contributed by atoms with van der Waals surface area (Å²) in [6, 6.07) is 6.27. The third-order valence-corrected chi connectivity index (χ3v) is 3.14. The molecule has 11 nitrogen and oxygen atoms in total. The van der Waals surface area contributed by atoms with Gasteiger partial charge < -0.3 is 29.6 Å². The van der Waals surface area contributed by atoms with E-state index < -0.39 is 42.5 Å². The fourth-order valence-corrected chi connectivity index (χ4v) is 1.85. The molecule has 12 heteroatoms. The molecule has 1 unspecified atom stereocenters. The molecule has 0 amide bonds. The Labute approximate surface area is 150 Å². The Bertz CT molecular complexity index is 732. The van der Waals surface area contributed by atoms with E-state index in [0.717, 1.165) is 0 Å². The highest BCUT2D eigenvalue weighted by molar-refractivity contribution is 6.31. The van der Waals surface area contributed by atoms with Gasteiger partial charge in [0.25, 0.3) is 0 Å². The number of esters is 2. The zero-order valence-corrected chi connectivity index (χ0v) is 13.5. The number of hydrogen-bond donors (Lipinski definition) is 2. The summed E-state index contributed by atoms with van der Waals surface area (Å²) in [6.45, 7) is -0.376. The molecule has 0 saturated carbocycles. The average Bonchev–Trinajstić information content (AvgIpc) is 2.56. The van der Waals surface area contributed by atoms with Gasteiger partial charge in [0.05, 0.1) is 0 Å². The molecule has 26 heavy (non-hydrogen) atoms. The zero-order valence-electron chi connectivity index (χ0n) is 12.8. The first-order valence-corrected chi connectivity index (χ1v) is 7.07. The van der Waals surface area contributed by atoms with Gasteiger partial charge in [-0.3, -0.25) is 14.7 Å². The van der Waals surface area contributed by atoms with Gasteiger partial charge in [0.15, 0.2) is 11.8 Å². The summed E-state index contributed by atoms with van der Waals surface area (Å²) < 4.78 is 12.7. The maximum atomic E-state index is 12.1. The molecule has 0 saturated heterocycles. The van der Waals surface area contributed by atoms with Gasteiger partial charge in [0.1, 0.15) is 6.61 Å². The lowest BCUT2D eigenvalue weighted by Gasteiger charge is -2.15. The van der Waals surface area contributed by atoms with Crippen LogP contribution in [-0.4, -0.2) is 40.4 Å². The lowest BCUT2D eigenvalue weighted by atomic mass is 10.1. The summed E-state index contributed by atoms with van der Waals surface area (Å²) >= 11 is 5.88. The molecule has 1 rings (SSSR count). The van der Waals surface area contributed by atoms with Crippen molar-refractivity contribution in [3.63, 3.8) is 0 Å². The number of benzene rings is 1. The number of carboxylic acid groups (broad SMARTS) is 2. The molecular weight excluding hydrogens is 378 g/mol. The van der Waals surface area contributed by atoms with Crippen molar-refractivity contribution in [3.05, 3.63) is 40.1 Å². The molecule has 0 aliphatic carbocycles. The second-order valence-electron chi connectivity index (χ2n) is 4.50. The molecule has 0 fully saturated rings. The van der Waals surface area contributed by atoms with Crippen LogP contribution in [0, 0.1) is 11.1 Å². The summed E-state index contributed by atoms with van der Waals surface area (Å²) in [5.41, 5.74) is 0.382. The minimum atomic E-state index is -2.02. The van der Waals surface area contributed by atoms with Gasteiger partial charge >= 0.3 is 24.2 Å². The average molecular weight is 389 g/mol. The molecule has 0 aromatic heterocycles. The molecule has 0 heterocycles. The Morgan fingerprint density at radius 3 is 2.23 bits per heavy atom. The van der Waals surface area contributed by atoms with Crippen molar-refractivity contribution >= 4 is 41.7 Å². The molecular formula is C14H11ClNO10-. The normalized spacial score (nSPS) is 12.0. The van der Waals surface area contributed by atoms with Crippen molar-refractivity contribution in [2.75, 3.05) is 0 Å². The largest absolute Gasteiger partial charge is 0.790 e. The Kier molecular flexibility index (Phi) is 7.83. The minimum Gasteiger partial charge on any atom is -0.790 e. The predicted octanol–water partition coefficient (Wildman–Crippen LogP) is 2.20. The van der Waals surface area contributed by atoms with Crippen LogP contribution in [0.15, 0.2) is 29.4 Å². The minimum absolute atomic E-state index is 0.265. The fourth-order valence-electron chi connectivity index (χ4n) is 1.66. The van der Waals surface area contributed by atoms with Crippen molar-refractivity contribution in [3.8, 4) is 0 Å². The first-order chi connectivity index (χ1) is 12.2. The van der Waals surface area contributed by atoms with Gasteiger partial charge in [-0.2, -0.15) is 0 Å². The van der Waals surface area contributed by atoms with E-state index in [1.165, 1.54) is 12.1 Å². The van der Waals surface area contributed by atoms with Crippen molar-refractivity contribution in [2.24, 2.45) is 11.1 Å². The van der Waals surface area contributed by atoms with Crippen LogP contribution in [0.25, 0.3) is 0 Å². The Morgan fingerprint density at radius 1 is 1.08 bits per heavy atom. The van der Waals surface area contributed by atoms with Crippen LogP contribution in [0.1, 0.15) is 12.0 Å². The molecule has 0 aliphatic heterocycles. The maximum absolute atomic E-state index is 12.1. The van der Waals surface area contributed by atoms with E-state index in [4.69, 9.17) is 26.6 Å². The summed E-state index contributed by atoms with van der Waals surface area (Å²) in [6.07, 6.45) is -4.92. The van der Waals surface area contributed by atoms with Crippen molar-refractivity contribution in [2.45, 2.75) is 13.0 Å². The first kappa shape index (κ1) is 20.7. The molecule has 0 bridgehead atoms. The SMILES string of the molecule is O=C(O)OC(=O)C(C/C(=N/[O-])OC(=O)O)C(=O)OCc1ccccc1Cl.